The van der Waals surface area contributed by atoms with Crippen LogP contribution in [0.1, 0.15) is 27.3 Å². The number of thioether (sulfide) groups is 1. The number of fused-ring (bicyclic) bond motifs is 1. The molecule has 0 spiro atoms. The highest BCUT2D eigenvalue weighted by Crippen LogP contribution is 2.30. The van der Waals surface area contributed by atoms with Crippen LogP contribution in [0.2, 0.25) is 0 Å². The molecule has 3 heterocycles. The third-order valence-electron chi connectivity index (χ3n) is 3.10. The zero-order valence-electron chi connectivity index (χ0n) is 10.2. The molecule has 0 radical (unpaired) electrons. The first-order valence-electron chi connectivity index (χ1n) is 5.94. The average Bonchev–Trinajstić information content (AvgIpc) is 2.99. The maximum Gasteiger partial charge on any atom is 0.250 e. The van der Waals surface area contributed by atoms with Gasteiger partial charge in [0.2, 0.25) is 0 Å². The van der Waals surface area contributed by atoms with E-state index in [2.05, 4.69) is 9.55 Å². The summed E-state index contributed by atoms with van der Waals surface area (Å²) in [6, 6.07) is 5.75. The first kappa shape index (κ1) is 12.0. The van der Waals surface area contributed by atoms with Crippen molar-refractivity contribution >= 4 is 29.8 Å². The quantitative estimate of drug-likeness (QED) is 0.932. The Labute approximate surface area is 115 Å². The molecule has 2 aromatic heterocycles. The molecule has 0 aromatic carbocycles. The van der Waals surface area contributed by atoms with Crippen molar-refractivity contribution in [3.8, 4) is 0 Å². The van der Waals surface area contributed by atoms with Crippen molar-refractivity contribution in [2.24, 2.45) is 5.73 Å². The van der Waals surface area contributed by atoms with Crippen molar-refractivity contribution < 1.29 is 4.79 Å². The lowest BCUT2D eigenvalue weighted by molar-refractivity contribution is 0.0999. The maximum absolute atomic E-state index is 11.4. The van der Waals surface area contributed by atoms with Crippen molar-refractivity contribution in [1.29, 1.82) is 0 Å². The molecule has 0 saturated carbocycles. The fourth-order valence-electron chi connectivity index (χ4n) is 2.16. The molecule has 0 fully saturated rings. The van der Waals surface area contributed by atoms with E-state index >= 15 is 0 Å². The van der Waals surface area contributed by atoms with Crippen molar-refractivity contribution in [3.05, 3.63) is 53.1 Å². The minimum Gasteiger partial charge on any atom is -0.366 e. The molecular weight excluding hydrogens is 258 g/mol. The highest BCUT2D eigenvalue weighted by Gasteiger charge is 2.21. The Morgan fingerprint density at radius 3 is 3.11 bits per heavy atom. The van der Waals surface area contributed by atoms with E-state index in [-0.39, 0.29) is 5.91 Å². The first-order valence-corrected chi connectivity index (χ1v) is 7.09. The summed E-state index contributed by atoms with van der Waals surface area (Å²) in [6.45, 7) is 0. The Morgan fingerprint density at radius 1 is 1.47 bits per heavy atom. The number of carbonyl (C=O) groups excluding carboxylic acids is 1. The van der Waals surface area contributed by atoms with Crippen LogP contribution in [-0.2, 0) is 11.6 Å². The molecule has 2 aromatic rings. The van der Waals surface area contributed by atoms with E-state index in [4.69, 9.17) is 5.73 Å². The molecule has 0 saturated heterocycles. The van der Waals surface area contributed by atoms with E-state index in [1.165, 1.54) is 0 Å². The fraction of sp³-hybridized carbons (Fsp3) is 0.143. The molecule has 2 N–H and O–H groups in total. The number of carbonyl (C=O) groups is 1. The summed E-state index contributed by atoms with van der Waals surface area (Å²) >= 11 is 1.79. The second-order valence-corrected chi connectivity index (χ2v) is 5.27. The number of pyridine rings is 1. The molecule has 0 atom stereocenters. The number of amides is 1. The monoisotopic (exact) mass is 271 g/mol. The van der Waals surface area contributed by atoms with Gasteiger partial charge in [-0.2, -0.15) is 0 Å². The number of hydrogen-bond acceptors (Lipinski definition) is 3. The molecule has 19 heavy (non-hydrogen) atoms. The van der Waals surface area contributed by atoms with Gasteiger partial charge in [0.25, 0.3) is 5.91 Å². The molecule has 96 valence electrons. The molecule has 4 nitrogen and oxygen atoms in total. The number of primary amides is 1. The summed E-state index contributed by atoms with van der Waals surface area (Å²) in [5, 5.41) is 0. The molecule has 1 amide bonds. The summed E-state index contributed by atoms with van der Waals surface area (Å²) in [5.41, 5.74) is 9.12. The molecular formula is C14H13N3OS. The third-order valence-corrected chi connectivity index (χ3v) is 4.01. The molecule has 3 rings (SSSR count). The van der Waals surface area contributed by atoms with Crippen LogP contribution in [0.15, 0.2) is 30.6 Å². The van der Waals surface area contributed by atoms with Crippen LogP contribution in [0.4, 0.5) is 0 Å². The van der Waals surface area contributed by atoms with Crippen LogP contribution in [0.25, 0.3) is 12.2 Å². The topological polar surface area (TPSA) is 60.9 Å². The van der Waals surface area contributed by atoms with Crippen molar-refractivity contribution in [1.82, 2.24) is 9.55 Å². The largest absolute Gasteiger partial charge is 0.366 e. The van der Waals surface area contributed by atoms with Crippen molar-refractivity contribution in [2.45, 2.75) is 11.6 Å². The van der Waals surface area contributed by atoms with Gasteiger partial charge >= 0.3 is 0 Å². The highest BCUT2D eigenvalue weighted by atomic mass is 32.2. The van der Waals surface area contributed by atoms with Crippen molar-refractivity contribution in [2.75, 3.05) is 0 Å². The zero-order valence-corrected chi connectivity index (χ0v) is 11.1. The maximum atomic E-state index is 11.4. The summed E-state index contributed by atoms with van der Waals surface area (Å²) in [6.07, 6.45) is 7.53. The first-order chi connectivity index (χ1) is 9.25. The summed E-state index contributed by atoms with van der Waals surface area (Å²) < 4.78 is 2.14. The van der Waals surface area contributed by atoms with E-state index in [1.54, 1.807) is 24.2 Å². The second kappa shape index (κ2) is 4.93. The van der Waals surface area contributed by atoms with Crippen molar-refractivity contribution in [3.63, 3.8) is 0 Å². The van der Waals surface area contributed by atoms with Crippen LogP contribution >= 0.6 is 11.8 Å². The highest BCUT2D eigenvalue weighted by molar-refractivity contribution is 7.97. The fourth-order valence-corrected chi connectivity index (χ4v) is 3.24. The predicted octanol–water partition coefficient (Wildman–Crippen LogP) is 2.36. The van der Waals surface area contributed by atoms with E-state index in [9.17, 15) is 4.79 Å². The van der Waals surface area contributed by atoms with Gasteiger partial charge in [0.1, 0.15) is 0 Å². The van der Waals surface area contributed by atoms with Crippen LogP contribution in [0, 0.1) is 0 Å². The minimum absolute atomic E-state index is 0.354. The number of rotatable bonds is 3. The van der Waals surface area contributed by atoms with E-state index in [0.29, 0.717) is 5.56 Å². The molecule has 1 aliphatic rings. The Bertz CT molecular complexity index is 646. The van der Waals surface area contributed by atoms with Crippen LogP contribution in [-0.4, -0.2) is 15.5 Å². The summed E-state index contributed by atoms with van der Waals surface area (Å²) in [7, 11) is 0. The van der Waals surface area contributed by atoms with Crippen LogP contribution in [0.3, 0.4) is 0 Å². The zero-order chi connectivity index (χ0) is 13.2. The molecule has 0 bridgehead atoms. The summed E-state index contributed by atoms with van der Waals surface area (Å²) in [5.74, 6) is 1.36. The van der Waals surface area contributed by atoms with Gasteiger partial charge in [-0.3, -0.25) is 9.78 Å². The van der Waals surface area contributed by atoms with Crippen LogP contribution in [0.5, 0.6) is 0 Å². The number of hydrogen-bond donors (Lipinski definition) is 1. The van der Waals surface area contributed by atoms with Gasteiger partial charge in [-0.15, -0.1) is 11.8 Å². The lowest BCUT2D eigenvalue weighted by atomic mass is 10.2. The van der Waals surface area contributed by atoms with E-state index in [1.807, 2.05) is 30.4 Å². The van der Waals surface area contributed by atoms with Gasteiger partial charge in [-0.05, 0) is 23.8 Å². The average molecular weight is 271 g/mol. The normalized spacial score (nSPS) is 13.9. The lowest BCUT2D eigenvalue weighted by Gasteiger charge is -1.99. The molecule has 0 unspecified atom stereocenters. The van der Waals surface area contributed by atoms with Gasteiger partial charge in [0, 0.05) is 29.5 Å². The number of aromatic nitrogens is 2. The smallest absolute Gasteiger partial charge is 0.250 e. The van der Waals surface area contributed by atoms with Gasteiger partial charge in [0.05, 0.1) is 11.4 Å². The van der Waals surface area contributed by atoms with Gasteiger partial charge < -0.3 is 10.3 Å². The van der Waals surface area contributed by atoms with E-state index < -0.39 is 0 Å². The summed E-state index contributed by atoms with van der Waals surface area (Å²) in [4.78, 5) is 15.5. The Kier molecular flexibility index (Phi) is 3.13. The molecule has 5 heteroatoms. The van der Waals surface area contributed by atoms with Gasteiger partial charge in [0.15, 0.2) is 0 Å². The number of nitrogens with two attached hydrogens (primary N) is 1. The predicted molar refractivity (Wildman–Crippen MR) is 77.4 cm³/mol. The SMILES string of the molecule is NC(=O)c1cc(/C=C/c2cccnc2)n2c1CSC2. The van der Waals surface area contributed by atoms with Crippen LogP contribution < -0.4 is 5.73 Å². The van der Waals surface area contributed by atoms with E-state index in [0.717, 1.165) is 28.6 Å². The lowest BCUT2D eigenvalue weighted by Crippen LogP contribution is -2.12. The minimum atomic E-state index is -0.354. The second-order valence-electron chi connectivity index (χ2n) is 4.32. The Morgan fingerprint density at radius 2 is 2.37 bits per heavy atom. The molecule has 0 aliphatic carbocycles. The Balaban J connectivity index is 1.96. The van der Waals surface area contributed by atoms with Gasteiger partial charge in [-0.25, -0.2) is 0 Å². The Hall–Kier alpha value is -2.01. The number of nitrogens with zero attached hydrogens (tertiary/aromatic N) is 2. The standard InChI is InChI=1S/C14H13N3OS/c15-14(18)12-6-11(17-9-19-8-13(12)17)4-3-10-2-1-5-16-7-10/h1-7H,8-9H2,(H2,15,18)/b4-3+. The third kappa shape index (κ3) is 2.29. The van der Waals surface area contributed by atoms with Gasteiger partial charge in [-0.1, -0.05) is 12.1 Å². The molecule has 1 aliphatic heterocycles.